The molecule has 0 radical (unpaired) electrons. The highest BCUT2D eigenvalue weighted by molar-refractivity contribution is 5.93. The van der Waals surface area contributed by atoms with Crippen LogP contribution in [0.4, 0.5) is 5.95 Å². The third-order valence-electron chi connectivity index (χ3n) is 4.78. The minimum Gasteiger partial charge on any atom is -0.349 e. The Balaban J connectivity index is 1.41. The van der Waals surface area contributed by atoms with Crippen LogP contribution in [0.15, 0.2) is 18.5 Å². The van der Waals surface area contributed by atoms with E-state index in [1.54, 1.807) is 12.4 Å². The maximum absolute atomic E-state index is 12.3. The summed E-state index contributed by atoms with van der Waals surface area (Å²) < 4.78 is 2.03. The molecule has 1 saturated heterocycles. The molecule has 2 aromatic heterocycles. The quantitative estimate of drug-likeness (QED) is 0.844. The first-order valence-corrected chi connectivity index (χ1v) is 8.81. The number of anilines is 1. The van der Waals surface area contributed by atoms with Crippen molar-refractivity contribution in [2.45, 2.75) is 38.9 Å². The van der Waals surface area contributed by atoms with Crippen molar-refractivity contribution in [3.63, 3.8) is 0 Å². The van der Waals surface area contributed by atoms with E-state index in [4.69, 9.17) is 0 Å². The fourth-order valence-electron chi connectivity index (χ4n) is 3.42. The highest BCUT2D eigenvalue weighted by Gasteiger charge is 2.21. The molecule has 0 bridgehead atoms. The van der Waals surface area contributed by atoms with Crippen LogP contribution in [0.5, 0.6) is 0 Å². The first-order valence-electron chi connectivity index (χ1n) is 8.81. The van der Waals surface area contributed by atoms with Crippen molar-refractivity contribution in [1.29, 1.82) is 0 Å². The summed E-state index contributed by atoms with van der Waals surface area (Å²) in [5.41, 5.74) is 2.71. The Morgan fingerprint density at radius 3 is 2.76 bits per heavy atom. The Kier molecular flexibility index (Phi) is 4.35. The second-order valence-electron chi connectivity index (χ2n) is 6.69. The fraction of sp³-hybridized carbons (Fsp3) is 0.529. The Bertz CT molecular complexity index is 749. The van der Waals surface area contributed by atoms with Gasteiger partial charge in [-0.05, 0) is 38.9 Å². The van der Waals surface area contributed by atoms with Gasteiger partial charge in [-0.2, -0.15) is 5.10 Å². The van der Waals surface area contributed by atoms with Gasteiger partial charge in [-0.15, -0.1) is 0 Å². The Morgan fingerprint density at radius 2 is 2.00 bits per heavy atom. The summed E-state index contributed by atoms with van der Waals surface area (Å²) in [7, 11) is 0. The summed E-state index contributed by atoms with van der Waals surface area (Å²) in [6.07, 6.45) is 5.17. The zero-order valence-corrected chi connectivity index (χ0v) is 14.4. The molecule has 1 fully saturated rings. The van der Waals surface area contributed by atoms with Crippen LogP contribution in [0.3, 0.4) is 0 Å². The molecule has 132 valence electrons. The van der Waals surface area contributed by atoms with Crippen molar-refractivity contribution in [3.8, 4) is 0 Å². The van der Waals surface area contributed by atoms with E-state index in [1.807, 2.05) is 11.6 Å². The normalized spacial score (nSPS) is 18.0. The number of rotatable bonds is 3. The molecule has 0 atom stereocenters. The standard InChI is InChI=1S/C17H23N7O/c1-12-8-15-11-23(6-7-24(15)22-12)17-19-9-13(10-20-17)16(25)21-14-2-4-18-5-3-14/h8-10,14,18H,2-7,11H2,1H3,(H,21,25). The van der Waals surface area contributed by atoms with Gasteiger partial charge in [-0.1, -0.05) is 0 Å². The second-order valence-corrected chi connectivity index (χ2v) is 6.69. The maximum Gasteiger partial charge on any atom is 0.254 e. The zero-order valence-electron chi connectivity index (χ0n) is 14.4. The smallest absolute Gasteiger partial charge is 0.254 e. The highest BCUT2D eigenvalue weighted by Crippen LogP contribution is 2.17. The number of hydrogen-bond donors (Lipinski definition) is 2. The predicted octanol–water partition coefficient (Wildman–Crippen LogP) is 0.484. The lowest BCUT2D eigenvalue weighted by molar-refractivity contribution is 0.0929. The van der Waals surface area contributed by atoms with Crippen LogP contribution in [0, 0.1) is 6.92 Å². The van der Waals surface area contributed by atoms with E-state index in [9.17, 15) is 4.79 Å². The molecular formula is C17H23N7O. The number of carbonyl (C=O) groups is 1. The van der Waals surface area contributed by atoms with Crippen molar-refractivity contribution in [2.24, 2.45) is 0 Å². The van der Waals surface area contributed by atoms with E-state index in [2.05, 4.69) is 36.7 Å². The van der Waals surface area contributed by atoms with Crippen molar-refractivity contribution < 1.29 is 4.79 Å². The number of aromatic nitrogens is 4. The van der Waals surface area contributed by atoms with E-state index in [0.717, 1.165) is 51.3 Å². The van der Waals surface area contributed by atoms with Gasteiger partial charge in [0.25, 0.3) is 5.91 Å². The first-order chi connectivity index (χ1) is 12.2. The number of nitrogens with one attached hydrogen (secondary N) is 2. The van der Waals surface area contributed by atoms with Crippen molar-refractivity contribution in [1.82, 2.24) is 30.4 Å². The molecular weight excluding hydrogens is 318 g/mol. The number of amides is 1. The molecule has 4 heterocycles. The number of fused-ring (bicyclic) bond motifs is 1. The number of hydrogen-bond acceptors (Lipinski definition) is 6. The van der Waals surface area contributed by atoms with Gasteiger partial charge in [0.05, 0.1) is 30.0 Å². The summed E-state index contributed by atoms with van der Waals surface area (Å²) in [4.78, 5) is 23.3. The van der Waals surface area contributed by atoms with Crippen LogP contribution < -0.4 is 15.5 Å². The molecule has 25 heavy (non-hydrogen) atoms. The van der Waals surface area contributed by atoms with Crippen molar-refractivity contribution in [3.05, 3.63) is 35.4 Å². The lowest BCUT2D eigenvalue weighted by atomic mass is 10.1. The molecule has 0 spiro atoms. The molecule has 8 heteroatoms. The number of nitrogens with zero attached hydrogens (tertiary/aromatic N) is 5. The van der Waals surface area contributed by atoms with Gasteiger partial charge < -0.3 is 15.5 Å². The fourth-order valence-corrected chi connectivity index (χ4v) is 3.42. The number of piperidine rings is 1. The third-order valence-corrected chi connectivity index (χ3v) is 4.78. The van der Waals surface area contributed by atoms with Crippen LogP contribution in [-0.4, -0.2) is 51.3 Å². The van der Waals surface area contributed by atoms with Gasteiger partial charge in [0.2, 0.25) is 5.95 Å². The lowest BCUT2D eigenvalue weighted by Crippen LogP contribution is -2.42. The number of aryl methyl sites for hydroxylation is 1. The average molecular weight is 341 g/mol. The molecule has 0 saturated carbocycles. The topological polar surface area (TPSA) is 88.0 Å². The van der Waals surface area contributed by atoms with Crippen molar-refractivity contribution >= 4 is 11.9 Å². The largest absolute Gasteiger partial charge is 0.349 e. The van der Waals surface area contributed by atoms with E-state index in [-0.39, 0.29) is 11.9 Å². The van der Waals surface area contributed by atoms with E-state index in [0.29, 0.717) is 11.5 Å². The monoisotopic (exact) mass is 341 g/mol. The molecule has 2 N–H and O–H groups in total. The summed E-state index contributed by atoms with van der Waals surface area (Å²) in [5.74, 6) is 0.564. The second kappa shape index (κ2) is 6.79. The van der Waals surface area contributed by atoms with Gasteiger partial charge in [-0.3, -0.25) is 9.48 Å². The Morgan fingerprint density at radius 1 is 1.24 bits per heavy atom. The van der Waals surface area contributed by atoms with Gasteiger partial charge in [0.1, 0.15) is 0 Å². The molecule has 2 aromatic rings. The minimum atomic E-state index is -0.0919. The summed E-state index contributed by atoms with van der Waals surface area (Å²) in [5, 5.41) is 10.8. The predicted molar refractivity (Wildman–Crippen MR) is 93.4 cm³/mol. The minimum absolute atomic E-state index is 0.0919. The van der Waals surface area contributed by atoms with E-state index >= 15 is 0 Å². The molecule has 0 aromatic carbocycles. The molecule has 4 rings (SSSR count). The van der Waals surface area contributed by atoms with Gasteiger partial charge in [0.15, 0.2) is 0 Å². The first kappa shape index (κ1) is 16.0. The van der Waals surface area contributed by atoms with Crippen LogP contribution >= 0.6 is 0 Å². The van der Waals surface area contributed by atoms with Crippen LogP contribution in [0.2, 0.25) is 0 Å². The van der Waals surface area contributed by atoms with Gasteiger partial charge in [-0.25, -0.2) is 9.97 Å². The molecule has 8 nitrogen and oxygen atoms in total. The van der Waals surface area contributed by atoms with Crippen LogP contribution in [-0.2, 0) is 13.1 Å². The van der Waals surface area contributed by atoms with E-state index in [1.165, 1.54) is 5.69 Å². The maximum atomic E-state index is 12.3. The van der Waals surface area contributed by atoms with Gasteiger partial charge in [0, 0.05) is 25.0 Å². The van der Waals surface area contributed by atoms with E-state index < -0.39 is 0 Å². The molecule has 2 aliphatic heterocycles. The summed E-state index contributed by atoms with van der Waals surface area (Å²) >= 11 is 0. The number of carbonyl (C=O) groups excluding carboxylic acids is 1. The molecule has 0 unspecified atom stereocenters. The molecule has 1 amide bonds. The SMILES string of the molecule is Cc1cc2n(n1)CCN(c1ncc(C(=O)NC3CCNCC3)cn1)C2. The Labute approximate surface area is 146 Å². The molecule has 0 aliphatic carbocycles. The van der Waals surface area contributed by atoms with Crippen LogP contribution in [0.1, 0.15) is 34.6 Å². The van der Waals surface area contributed by atoms with Gasteiger partial charge >= 0.3 is 0 Å². The summed E-state index contributed by atoms with van der Waals surface area (Å²) in [6, 6.07) is 2.33. The van der Waals surface area contributed by atoms with Crippen LogP contribution in [0.25, 0.3) is 0 Å². The third kappa shape index (κ3) is 3.48. The molecule has 2 aliphatic rings. The Hall–Kier alpha value is -2.48. The lowest BCUT2D eigenvalue weighted by Gasteiger charge is -2.27. The average Bonchev–Trinajstić information content (AvgIpc) is 3.02. The zero-order chi connectivity index (χ0) is 17.2. The highest BCUT2D eigenvalue weighted by atomic mass is 16.1. The van der Waals surface area contributed by atoms with Crippen molar-refractivity contribution in [2.75, 3.05) is 24.5 Å². The summed E-state index contributed by atoms with van der Waals surface area (Å²) in [6.45, 7) is 6.28.